The summed E-state index contributed by atoms with van der Waals surface area (Å²) in [5.41, 5.74) is 0. The highest BCUT2D eigenvalue weighted by Crippen LogP contribution is 2.16. The van der Waals surface area contributed by atoms with Crippen molar-refractivity contribution < 1.29 is 0 Å². The third-order valence-corrected chi connectivity index (χ3v) is 3.45. The fraction of sp³-hybridized carbons (Fsp3) is 0.909. The minimum absolute atomic E-state index is 0.778. The van der Waals surface area contributed by atoms with Crippen LogP contribution in [0, 0.1) is 5.92 Å². The second kappa shape index (κ2) is 8.47. The minimum atomic E-state index is 0.778. The van der Waals surface area contributed by atoms with Gasteiger partial charge in [0, 0.05) is 12.3 Å². The molecule has 1 N–H and O–H groups in total. The van der Waals surface area contributed by atoms with Crippen LogP contribution in [-0.4, -0.2) is 39.0 Å². The molecule has 1 aromatic rings. The Morgan fingerprint density at radius 1 is 1.41 bits per heavy atom. The molecular formula is C11H23N5S. The molecule has 5 nitrogen and oxygen atoms in total. The lowest BCUT2D eigenvalue weighted by atomic mass is 10.1. The van der Waals surface area contributed by atoms with E-state index in [1.54, 1.807) is 11.8 Å². The monoisotopic (exact) mass is 257 g/mol. The standard InChI is InChI=1S/C11H23N5S/c1-4-12-7-8-16-11(13-14-15-16)17-9-5-6-10(2)3/h10,12H,4-9H2,1-3H3. The van der Waals surface area contributed by atoms with Crippen molar-refractivity contribution in [1.82, 2.24) is 25.5 Å². The van der Waals surface area contributed by atoms with Gasteiger partial charge < -0.3 is 5.32 Å². The summed E-state index contributed by atoms with van der Waals surface area (Å²) >= 11 is 1.75. The highest BCUT2D eigenvalue weighted by atomic mass is 32.2. The topological polar surface area (TPSA) is 55.6 Å². The predicted molar refractivity (Wildman–Crippen MR) is 71.2 cm³/mol. The van der Waals surface area contributed by atoms with E-state index in [1.807, 2.05) is 4.68 Å². The Morgan fingerprint density at radius 2 is 2.24 bits per heavy atom. The van der Waals surface area contributed by atoms with Crippen LogP contribution in [0.15, 0.2) is 5.16 Å². The summed E-state index contributed by atoms with van der Waals surface area (Å²) in [6.07, 6.45) is 2.49. The van der Waals surface area contributed by atoms with Crippen molar-refractivity contribution in [3.05, 3.63) is 0 Å². The van der Waals surface area contributed by atoms with Gasteiger partial charge in [0.1, 0.15) is 0 Å². The van der Waals surface area contributed by atoms with Gasteiger partial charge in [-0.3, -0.25) is 0 Å². The van der Waals surface area contributed by atoms with E-state index in [0.717, 1.165) is 36.5 Å². The molecule has 0 aliphatic carbocycles. The second-order valence-electron chi connectivity index (χ2n) is 4.42. The van der Waals surface area contributed by atoms with Crippen molar-refractivity contribution in [3.63, 3.8) is 0 Å². The number of likely N-dealkylation sites (N-methyl/N-ethyl adjacent to an activating group) is 1. The molecule has 0 bridgehead atoms. The molecule has 0 atom stereocenters. The zero-order valence-electron chi connectivity index (χ0n) is 11.0. The minimum Gasteiger partial charge on any atom is -0.315 e. The molecular weight excluding hydrogens is 234 g/mol. The molecule has 0 saturated carbocycles. The van der Waals surface area contributed by atoms with Gasteiger partial charge in [0.2, 0.25) is 5.16 Å². The molecule has 0 aliphatic heterocycles. The molecule has 0 aliphatic rings. The van der Waals surface area contributed by atoms with Crippen LogP contribution in [0.1, 0.15) is 33.6 Å². The van der Waals surface area contributed by atoms with Crippen LogP contribution >= 0.6 is 11.8 Å². The largest absolute Gasteiger partial charge is 0.315 e. The molecule has 17 heavy (non-hydrogen) atoms. The lowest BCUT2D eigenvalue weighted by Gasteiger charge is -2.05. The van der Waals surface area contributed by atoms with Crippen molar-refractivity contribution in [3.8, 4) is 0 Å². The van der Waals surface area contributed by atoms with Gasteiger partial charge in [-0.25, -0.2) is 4.68 Å². The summed E-state index contributed by atoms with van der Waals surface area (Å²) in [7, 11) is 0. The molecule has 0 unspecified atom stereocenters. The summed E-state index contributed by atoms with van der Waals surface area (Å²) in [6, 6.07) is 0. The molecule has 0 radical (unpaired) electrons. The van der Waals surface area contributed by atoms with E-state index in [-0.39, 0.29) is 0 Å². The Bertz CT molecular complexity index is 300. The zero-order valence-corrected chi connectivity index (χ0v) is 11.8. The van der Waals surface area contributed by atoms with Crippen molar-refractivity contribution in [2.45, 2.75) is 45.3 Å². The summed E-state index contributed by atoms with van der Waals surface area (Å²) in [5.74, 6) is 1.88. The van der Waals surface area contributed by atoms with Crippen molar-refractivity contribution in [2.24, 2.45) is 5.92 Å². The van der Waals surface area contributed by atoms with Crippen LogP contribution in [0.2, 0.25) is 0 Å². The first-order chi connectivity index (χ1) is 8.24. The van der Waals surface area contributed by atoms with Gasteiger partial charge in [0.15, 0.2) is 0 Å². The Kier molecular flexibility index (Phi) is 7.19. The summed E-state index contributed by atoms with van der Waals surface area (Å²) in [6.45, 7) is 9.35. The number of aromatic nitrogens is 4. The maximum absolute atomic E-state index is 4.05. The van der Waals surface area contributed by atoms with Crippen LogP contribution < -0.4 is 5.32 Å². The van der Waals surface area contributed by atoms with E-state index in [1.165, 1.54) is 12.8 Å². The van der Waals surface area contributed by atoms with Gasteiger partial charge in [0.25, 0.3) is 0 Å². The summed E-state index contributed by atoms with van der Waals surface area (Å²) < 4.78 is 1.88. The summed E-state index contributed by atoms with van der Waals surface area (Å²) in [5, 5.41) is 16.0. The Morgan fingerprint density at radius 3 is 2.94 bits per heavy atom. The van der Waals surface area contributed by atoms with E-state index < -0.39 is 0 Å². The SMILES string of the molecule is CCNCCn1nnnc1SCCCC(C)C. The molecule has 0 amide bonds. The number of thioether (sulfide) groups is 1. The Labute approximate surface area is 108 Å². The van der Waals surface area contributed by atoms with E-state index in [4.69, 9.17) is 0 Å². The number of hydrogen-bond acceptors (Lipinski definition) is 5. The average Bonchev–Trinajstić information content (AvgIpc) is 2.72. The average molecular weight is 257 g/mol. The van der Waals surface area contributed by atoms with Gasteiger partial charge in [-0.2, -0.15) is 0 Å². The first kappa shape index (κ1) is 14.4. The van der Waals surface area contributed by atoms with Crippen LogP contribution in [0.5, 0.6) is 0 Å². The van der Waals surface area contributed by atoms with Crippen LogP contribution in [0.3, 0.4) is 0 Å². The van der Waals surface area contributed by atoms with Crippen molar-refractivity contribution in [1.29, 1.82) is 0 Å². The molecule has 98 valence electrons. The maximum atomic E-state index is 4.05. The lowest BCUT2D eigenvalue weighted by Crippen LogP contribution is -2.20. The second-order valence-corrected chi connectivity index (χ2v) is 5.48. The predicted octanol–water partition coefficient (Wildman–Crippen LogP) is 1.81. The van der Waals surface area contributed by atoms with Crippen LogP contribution in [0.25, 0.3) is 0 Å². The Hall–Kier alpha value is -0.620. The normalized spacial score (nSPS) is 11.3. The first-order valence-corrected chi connectivity index (χ1v) is 7.32. The fourth-order valence-corrected chi connectivity index (χ4v) is 2.32. The zero-order chi connectivity index (χ0) is 12.5. The van der Waals surface area contributed by atoms with Gasteiger partial charge in [-0.05, 0) is 29.3 Å². The molecule has 0 saturated heterocycles. The lowest BCUT2D eigenvalue weighted by molar-refractivity contribution is 0.517. The van der Waals surface area contributed by atoms with E-state index in [2.05, 4.69) is 41.6 Å². The van der Waals surface area contributed by atoms with Crippen LogP contribution in [-0.2, 0) is 6.54 Å². The maximum Gasteiger partial charge on any atom is 0.209 e. The van der Waals surface area contributed by atoms with Gasteiger partial charge in [0.05, 0.1) is 6.54 Å². The van der Waals surface area contributed by atoms with E-state index in [9.17, 15) is 0 Å². The molecule has 0 spiro atoms. The van der Waals surface area contributed by atoms with Gasteiger partial charge in [-0.1, -0.05) is 39.0 Å². The van der Waals surface area contributed by atoms with Crippen LogP contribution in [0.4, 0.5) is 0 Å². The summed E-state index contributed by atoms with van der Waals surface area (Å²) in [4.78, 5) is 0. The highest BCUT2D eigenvalue weighted by molar-refractivity contribution is 7.99. The quantitative estimate of drug-likeness (QED) is 0.540. The van der Waals surface area contributed by atoms with Crippen molar-refractivity contribution in [2.75, 3.05) is 18.8 Å². The van der Waals surface area contributed by atoms with Gasteiger partial charge in [-0.15, -0.1) is 5.10 Å². The molecule has 1 heterocycles. The third kappa shape index (κ3) is 6.02. The molecule has 1 rings (SSSR count). The number of nitrogens with zero attached hydrogens (tertiary/aromatic N) is 4. The smallest absolute Gasteiger partial charge is 0.209 e. The first-order valence-electron chi connectivity index (χ1n) is 6.33. The molecule has 1 aromatic heterocycles. The number of rotatable bonds is 9. The fourth-order valence-electron chi connectivity index (χ4n) is 1.46. The third-order valence-electron chi connectivity index (χ3n) is 2.41. The van der Waals surface area contributed by atoms with E-state index >= 15 is 0 Å². The molecule has 6 heteroatoms. The van der Waals surface area contributed by atoms with Gasteiger partial charge >= 0.3 is 0 Å². The number of nitrogens with one attached hydrogen (secondary N) is 1. The number of tetrazole rings is 1. The van der Waals surface area contributed by atoms with E-state index in [0.29, 0.717) is 0 Å². The Balaban J connectivity index is 2.25. The number of hydrogen-bond donors (Lipinski definition) is 1. The molecule has 0 fully saturated rings. The molecule has 0 aromatic carbocycles. The van der Waals surface area contributed by atoms with Crippen molar-refractivity contribution >= 4 is 11.8 Å². The highest BCUT2D eigenvalue weighted by Gasteiger charge is 2.06.